The molecule has 1 rings (SSSR count). The molecule has 90 valence electrons. The number of hydrogen-bond donors (Lipinski definition) is 1. The summed E-state index contributed by atoms with van der Waals surface area (Å²) in [7, 11) is 1.78. The molecule has 0 aliphatic carbocycles. The SMILES string of the molecule is COCCN1CC(C)NCC1C(C)(C)C. The van der Waals surface area contributed by atoms with Crippen LogP contribution in [0.25, 0.3) is 0 Å². The summed E-state index contributed by atoms with van der Waals surface area (Å²) in [5.41, 5.74) is 0.334. The Morgan fingerprint density at radius 2 is 2.07 bits per heavy atom. The Morgan fingerprint density at radius 1 is 1.40 bits per heavy atom. The van der Waals surface area contributed by atoms with Crippen LogP contribution in [0.15, 0.2) is 0 Å². The van der Waals surface area contributed by atoms with Crippen LogP contribution in [0.4, 0.5) is 0 Å². The highest BCUT2D eigenvalue weighted by Crippen LogP contribution is 2.26. The first kappa shape index (κ1) is 12.9. The summed E-state index contributed by atoms with van der Waals surface area (Å²) in [5.74, 6) is 0. The van der Waals surface area contributed by atoms with E-state index in [0.29, 0.717) is 17.5 Å². The summed E-state index contributed by atoms with van der Waals surface area (Å²) < 4.78 is 5.18. The Morgan fingerprint density at radius 3 is 2.60 bits per heavy atom. The monoisotopic (exact) mass is 214 g/mol. The van der Waals surface area contributed by atoms with Gasteiger partial charge in [0.1, 0.15) is 0 Å². The molecule has 1 heterocycles. The molecule has 0 aromatic carbocycles. The first-order valence-corrected chi connectivity index (χ1v) is 5.91. The molecule has 3 heteroatoms. The van der Waals surface area contributed by atoms with Crippen LogP contribution in [0.1, 0.15) is 27.7 Å². The van der Waals surface area contributed by atoms with Crippen LogP contribution >= 0.6 is 0 Å². The molecule has 1 fully saturated rings. The normalized spacial score (nSPS) is 29.4. The number of ether oxygens (including phenoxy) is 1. The van der Waals surface area contributed by atoms with Crippen LogP contribution in [-0.4, -0.2) is 50.3 Å². The smallest absolute Gasteiger partial charge is 0.0589 e. The van der Waals surface area contributed by atoms with Gasteiger partial charge in [0.2, 0.25) is 0 Å². The molecule has 2 atom stereocenters. The summed E-state index contributed by atoms with van der Waals surface area (Å²) in [6.45, 7) is 13.3. The van der Waals surface area contributed by atoms with Gasteiger partial charge in [0.25, 0.3) is 0 Å². The Hall–Kier alpha value is -0.120. The zero-order valence-electron chi connectivity index (χ0n) is 10.8. The Labute approximate surface area is 94.2 Å². The molecule has 15 heavy (non-hydrogen) atoms. The number of nitrogens with zero attached hydrogens (tertiary/aromatic N) is 1. The van der Waals surface area contributed by atoms with Gasteiger partial charge in [-0.05, 0) is 12.3 Å². The maximum atomic E-state index is 5.18. The van der Waals surface area contributed by atoms with E-state index < -0.39 is 0 Å². The van der Waals surface area contributed by atoms with Crippen molar-refractivity contribution in [2.24, 2.45) is 5.41 Å². The molecule has 0 radical (unpaired) electrons. The molecule has 0 spiro atoms. The quantitative estimate of drug-likeness (QED) is 0.767. The predicted octanol–water partition coefficient (Wildman–Crippen LogP) is 1.34. The van der Waals surface area contributed by atoms with E-state index in [9.17, 15) is 0 Å². The Balaban J connectivity index is 2.58. The predicted molar refractivity (Wildman–Crippen MR) is 64.2 cm³/mol. The van der Waals surface area contributed by atoms with Gasteiger partial charge in [-0.3, -0.25) is 4.90 Å². The molecule has 1 N–H and O–H groups in total. The highest BCUT2D eigenvalue weighted by Gasteiger charge is 2.33. The maximum absolute atomic E-state index is 5.18. The van der Waals surface area contributed by atoms with Crippen LogP contribution in [0.2, 0.25) is 0 Å². The summed E-state index contributed by atoms with van der Waals surface area (Å²) in [5, 5.41) is 3.56. The van der Waals surface area contributed by atoms with Crippen molar-refractivity contribution < 1.29 is 4.74 Å². The highest BCUT2D eigenvalue weighted by atomic mass is 16.5. The lowest BCUT2D eigenvalue weighted by Crippen LogP contribution is -2.60. The fraction of sp³-hybridized carbons (Fsp3) is 1.00. The zero-order valence-corrected chi connectivity index (χ0v) is 10.8. The number of rotatable bonds is 3. The van der Waals surface area contributed by atoms with Crippen LogP contribution in [0.3, 0.4) is 0 Å². The van der Waals surface area contributed by atoms with Crippen molar-refractivity contribution in [3.8, 4) is 0 Å². The molecule has 0 saturated carbocycles. The van der Waals surface area contributed by atoms with Crippen molar-refractivity contribution in [2.45, 2.75) is 39.8 Å². The van der Waals surface area contributed by atoms with Crippen molar-refractivity contribution >= 4 is 0 Å². The van der Waals surface area contributed by atoms with Crippen molar-refractivity contribution in [3.05, 3.63) is 0 Å². The van der Waals surface area contributed by atoms with Gasteiger partial charge in [0, 0.05) is 38.8 Å². The van der Waals surface area contributed by atoms with Crippen molar-refractivity contribution in [3.63, 3.8) is 0 Å². The number of piperazine rings is 1. The average Bonchev–Trinajstić information content (AvgIpc) is 2.12. The first-order chi connectivity index (χ1) is 6.95. The third-order valence-electron chi connectivity index (χ3n) is 3.19. The van der Waals surface area contributed by atoms with E-state index in [2.05, 4.69) is 37.9 Å². The minimum absolute atomic E-state index is 0.334. The van der Waals surface area contributed by atoms with E-state index in [-0.39, 0.29) is 0 Å². The zero-order chi connectivity index (χ0) is 11.5. The van der Waals surface area contributed by atoms with E-state index in [1.54, 1.807) is 7.11 Å². The summed E-state index contributed by atoms with van der Waals surface area (Å²) >= 11 is 0. The minimum Gasteiger partial charge on any atom is -0.383 e. The van der Waals surface area contributed by atoms with Gasteiger partial charge in [-0.15, -0.1) is 0 Å². The van der Waals surface area contributed by atoms with Gasteiger partial charge < -0.3 is 10.1 Å². The molecule has 0 amide bonds. The Bertz CT molecular complexity index is 189. The van der Waals surface area contributed by atoms with E-state index in [1.165, 1.54) is 0 Å². The topological polar surface area (TPSA) is 24.5 Å². The molecule has 2 unspecified atom stereocenters. The maximum Gasteiger partial charge on any atom is 0.0589 e. The molecule has 1 saturated heterocycles. The fourth-order valence-electron chi connectivity index (χ4n) is 2.30. The van der Waals surface area contributed by atoms with E-state index in [4.69, 9.17) is 4.74 Å². The summed E-state index contributed by atoms with van der Waals surface area (Å²) in [4.78, 5) is 2.56. The van der Waals surface area contributed by atoms with Gasteiger partial charge in [-0.2, -0.15) is 0 Å². The number of nitrogens with one attached hydrogen (secondary N) is 1. The summed E-state index contributed by atoms with van der Waals surface area (Å²) in [6, 6.07) is 1.21. The molecule has 1 aliphatic rings. The molecular formula is C12H26N2O. The first-order valence-electron chi connectivity index (χ1n) is 5.91. The average molecular weight is 214 g/mol. The second-order valence-electron chi connectivity index (χ2n) is 5.68. The lowest BCUT2D eigenvalue weighted by atomic mass is 9.84. The van der Waals surface area contributed by atoms with Crippen LogP contribution in [0.5, 0.6) is 0 Å². The minimum atomic E-state index is 0.334. The Kier molecular flexibility index (Phi) is 4.56. The molecule has 0 aromatic heterocycles. The summed E-state index contributed by atoms with van der Waals surface area (Å²) in [6.07, 6.45) is 0. The molecule has 0 bridgehead atoms. The third kappa shape index (κ3) is 3.74. The van der Waals surface area contributed by atoms with E-state index in [1.807, 2.05) is 0 Å². The van der Waals surface area contributed by atoms with Crippen molar-refractivity contribution in [1.82, 2.24) is 10.2 Å². The van der Waals surface area contributed by atoms with Crippen molar-refractivity contribution in [2.75, 3.05) is 33.4 Å². The van der Waals surface area contributed by atoms with Gasteiger partial charge >= 0.3 is 0 Å². The highest BCUT2D eigenvalue weighted by molar-refractivity contribution is 4.91. The van der Waals surface area contributed by atoms with Gasteiger partial charge in [-0.1, -0.05) is 20.8 Å². The second-order valence-corrected chi connectivity index (χ2v) is 5.68. The number of hydrogen-bond acceptors (Lipinski definition) is 3. The van der Waals surface area contributed by atoms with Crippen LogP contribution in [-0.2, 0) is 4.74 Å². The molecule has 3 nitrogen and oxygen atoms in total. The largest absolute Gasteiger partial charge is 0.383 e. The third-order valence-corrected chi connectivity index (χ3v) is 3.19. The van der Waals surface area contributed by atoms with Gasteiger partial charge in [0.15, 0.2) is 0 Å². The standard InChI is InChI=1S/C12H26N2O/c1-10-9-14(6-7-15-5)11(8-13-10)12(2,3)4/h10-11,13H,6-9H2,1-5H3. The fourth-order valence-corrected chi connectivity index (χ4v) is 2.30. The molecular weight excluding hydrogens is 188 g/mol. The lowest BCUT2D eigenvalue weighted by molar-refractivity contribution is 0.0372. The van der Waals surface area contributed by atoms with E-state index in [0.717, 1.165) is 26.2 Å². The van der Waals surface area contributed by atoms with Gasteiger partial charge in [-0.25, -0.2) is 0 Å². The van der Waals surface area contributed by atoms with Crippen molar-refractivity contribution in [1.29, 1.82) is 0 Å². The lowest BCUT2D eigenvalue weighted by Gasteiger charge is -2.45. The van der Waals surface area contributed by atoms with Crippen LogP contribution in [0, 0.1) is 5.41 Å². The molecule has 1 aliphatic heterocycles. The molecule has 0 aromatic rings. The van der Waals surface area contributed by atoms with Gasteiger partial charge in [0.05, 0.1) is 6.61 Å². The van der Waals surface area contributed by atoms with Crippen LogP contribution < -0.4 is 5.32 Å². The van der Waals surface area contributed by atoms with E-state index >= 15 is 0 Å². The number of methoxy groups -OCH3 is 1. The second kappa shape index (κ2) is 5.28.